The monoisotopic (exact) mass is 448 g/mol. The van der Waals surface area contributed by atoms with Gasteiger partial charge in [-0.25, -0.2) is 17.2 Å². The topological polar surface area (TPSA) is 93.7 Å². The van der Waals surface area contributed by atoms with E-state index in [9.17, 15) is 22.0 Å². The number of benzene rings is 3. The summed E-state index contributed by atoms with van der Waals surface area (Å²) in [5.41, 5.74) is 0.118. The number of ether oxygens (including phenoxy) is 2. The van der Waals surface area contributed by atoms with E-state index in [2.05, 4.69) is 10.0 Å². The Morgan fingerprint density at radius 2 is 1.45 bits per heavy atom. The average Bonchev–Trinajstić information content (AvgIpc) is 2.73. The first-order valence-electron chi connectivity index (χ1n) is 8.84. The Kier molecular flexibility index (Phi) is 6.40. The van der Waals surface area contributed by atoms with E-state index in [-0.39, 0.29) is 27.6 Å². The van der Waals surface area contributed by atoms with Crippen molar-refractivity contribution in [2.45, 2.75) is 4.90 Å². The number of nitrogens with one attached hydrogen (secondary N) is 2. The van der Waals surface area contributed by atoms with Gasteiger partial charge in [0, 0.05) is 23.0 Å². The molecule has 0 atom stereocenters. The maximum absolute atomic E-state index is 13.4. The Hall–Kier alpha value is -3.66. The predicted octanol–water partition coefficient (Wildman–Crippen LogP) is 4.04. The van der Waals surface area contributed by atoms with E-state index in [0.29, 0.717) is 11.8 Å². The fourth-order valence-electron chi connectivity index (χ4n) is 2.72. The minimum Gasteiger partial charge on any atom is -0.497 e. The molecule has 0 aromatic heterocycles. The largest absolute Gasteiger partial charge is 0.497 e. The van der Waals surface area contributed by atoms with Crippen LogP contribution in [0.25, 0.3) is 0 Å². The van der Waals surface area contributed by atoms with Crippen LogP contribution in [0.15, 0.2) is 65.6 Å². The smallest absolute Gasteiger partial charge is 0.265 e. The highest BCUT2D eigenvalue weighted by molar-refractivity contribution is 7.92. The number of hydrogen-bond acceptors (Lipinski definition) is 5. The molecule has 2 N–H and O–H groups in total. The van der Waals surface area contributed by atoms with Crippen LogP contribution in [-0.2, 0) is 10.0 Å². The van der Waals surface area contributed by atoms with E-state index in [1.54, 1.807) is 12.1 Å². The molecule has 0 aliphatic heterocycles. The lowest BCUT2D eigenvalue weighted by atomic mass is 10.2. The fourth-order valence-corrected chi connectivity index (χ4v) is 3.98. The molecule has 31 heavy (non-hydrogen) atoms. The molecule has 0 saturated carbocycles. The lowest BCUT2D eigenvalue weighted by Crippen LogP contribution is -2.16. The Bertz CT molecular complexity index is 1190. The maximum Gasteiger partial charge on any atom is 0.265 e. The number of amides is 1. The first kappa shape index (κ1) is 22.0. The van der Waals surface area contributed by atoms with Crippen LogP contribution < -0.4 is 19.5 Å². The summed E-state index contributed by atoms with van der Waals surface area (Å²) >= 11 is 0. The van der Waals surface area contributed by atoms with Gasteiger partial charge in [0.05, 0.1) is 14.2 Å². The summed E-state index contributed by atoms with van der Waals surface area (Å²) in [4.78, 5) is 12.1. The highest BCUT2D eigenvalue weighted by Crippen LogP contribution is 2.29. The van der Waals surface area contributed by atoms with Gasteiger partial charge in [0.15, 0.2) is 0 Å². The summed E-state index contributed by atoms with van der Waals surface area (Å²) in [5, 5.41) is 2.42. The van der Waals surface area contributed by atoms with Crippen LogP contribution in [0.2, 0.25) is 0 Å². The molecule has 0 unspecified atom stereocenters. The van der Waals surface area contributed by atoms with Crippen molar-refractivity contribution in [3.05, 3.63) is 77.9 Å². The minimum atomic E-state index is -4.10. The first-order chi connectivity index (χ1) is 14.7. The van der Waals surface area contributed by atoms with E-state index >= 15 is 0 Å². The Labute approximate surface area is 177 Å². The van der Waals surface area contributed by atoms with Crippen LogP contribution in [0.1, 0.15) is 10.4 Å². The van der Waals surface area contributed by atoms with Crippen LogP contribution in [0.5, 0.6) is 11.5 Å². The number of sulfonamides is 1. The van der Waals surface area contributed by atoms with Crippen molar-refractivity contribution in [2.24, 2.45) is 0 Å². The summed E-state index contributed by atoms with van der Waals surface area (Å²) in [6, 6.07) is 12.5. The van der Waals surface area contributed by atoms with E-state index in [4.69, 9.17) is 9.47 Å². The zero-order valence-electron chi connectivity index (χ0n) is 16.5. The second kappa shape index (κ2) is 9.00. The molecule has 10 heteroatoms. The van der Waals surface area contributed by atoms with Crippen molar-refractivity contribution >= 4 is 27.3 Å². The zero-order chi connectivity index (χ0) is 22.6. The number of methoxy groups -OCH3 is 2. The van der Waals surface area contributed by atoms with Crippen molar-refractivity contribution in [1.82, 2.24) is 0 Å². The molecule has 0 bridgehead atoms. The van der Waals surface area contributed by atoms with Crippen molar-refractivity contribution < 1.29 is 31.5 Å². The third kappa shape index (κ3) is 5.28. The zero-order valence-corrected chi connectivity index (χ0v) is 17.3. The van der Waals surface area contributed by atoms with Gasteiger partial charge in [0.25, 0.3) is 15.9 Å². The second-order valence-electron chi connectivity index (χ2n) is 6.31. The quantitative estimate of drug-likeness (QED) is 0.569. The predicted molar refractivity (Wildman–Crippen MR) is 111 cm³/mol. The molecule has 1 amide bonds. The van der Waals surface area contributed by atoms with Crippen molar-refractivity contribution in [3.8, 4) is 11.5 Å². The molecule has 7 nitrogen and oxygen atoms in total. The highest BCUT2D eigenvalue weighted by atomic mass is 32.2. The van der Waals surface area contributed by atoms with Gasteiger partial charge in [-0.1, -0.05) is 0 Å². The van der Waals surface area contributed by atoms with Crippen molar-refractivity contribution in [2.75, 3.05) is 24.3 Å². The molecular formula is C21H18F2N2O5S. The summed E-state index contributed by atoms with van der Waals surface area (Å²) < 4.78 is 65.1. The van der Waals surface area contributed by atoms with Gasteiger partial charge in [0.1, 0.15) is 28.0 Å². The second-order valence-corrected chi connectivity index (χ2v) is 7.96. The van der Waals surface area contributed by atoms with E-state index in [0.717, 1.165) is 12.1 Å². The number of anilines is 2. The number of halogens is 2. The number of rotatable bonds is 7. The summed E-state index contributed by atoms with van der Waals surface area (Å²) in [6.45, 7) is 0. The lowest BCUT2D eigenvalue weighted by Gasteiger charge is -2.14. The molecule has 0 heterocycles. The Balaban J connectivity index is 1.89. The molecular weight excluding hydrogens is 430 g/mol. The van der Waals surface area contributed by atoms with Crippen LogP contribution in [0.3, 0.4) is 0 Å². The fraction of sp³-hybridized carbons (Fsp3) is 0.0952. The molecule has 0 spiro atoms. The van der Waals surface area contributed by atoms with Crippen LogP contribution in [0.4, 0.5) is 20.2 Å². The van der Waals surface area contributed by atoms with Gasteiger partial charge in [-0.05, 0) is 54.6 Å². The van der Waals surface area contributed by atoms with Gasteiger partial charge >= 0.3 is 0 Å². The highest BCUT2D eigenvalue weighted by Gasteiger charge is 2.21. The Morgan fingerprint density at radius 1 is 0.839 bits per heavy atom. The normalized spacial score (nSPS) is 11.0. The van der Waals surface area contributed by atoms with Gasteiger partial charge in [-0.15, -0.1) is 0 Å². The number of carbonyl (C=O) groups is 1. The number of hydrogen-bond donors (Lipinski definition) is 2. The SMILES string of the molecule is COc1ccc(NS(=O)(=O)c2cc(NC(=O)c3cc(F)cc(F)c3)ccc2OC)cc1. The molecule has 162 valence electrons. The van der Waals surface area contributed by atoms with Gasteiger partial charge < -0.3 is 14.8 Å². The molecule has 0 radical (unpaired) electrons. The van der Waals surface area contributed by atoms with Crippen molar-refractivity contribution in [3.63, 3.8) is 0 Å². The molecule has 3 aromatic rings. The molecule has 0 aliphatic carbocycles. The Morgan fingerprint density at radius 3 is 2.03 bits per heavy atom. The standard InChI is InChI=1S/C21H18F2N2O5S/c1-29-18-6-3-16(4-7-18)25-31(27,28)20-12-17(5-8-19(20)30-2)24-21(26)13-9-14(22)11-15(23)10-13/h3-12,25H,1-2H3,(H,24,26). The summed E-state index contributed by atoms with van der Waals surface area (Å²) in [6.07, 6.45) is 0. The van der Waals surface area contributed by atoms with Crippen LogP contribution in [0, 0.1) is 11.6 Å². The molecule has 0 fully saturated rings. The van der Waals surface area contributed by atoms with Gasteiger partial charge in [-0.3, -0.25) is 9.52 Å². The summed E-state index contributed by atoms with van der Waals surface area (Å²) in [7, 11) is -1.31. The average molecular weight is 448 g/mol. The molecule has 0 aliphatic rings. The minimum absolute atomic E-state index is 0.0378. The van der Waals surface area contributed by atoms with Crippen LogP contribution in [-0.4, -0.2) is 28.5 Å². The molecule has 0 saturated heterocycles. The van der Waals surface area contributed by atoms with E-state index < -0.39 is 27.6 Å². The number of carbonyl (C=O) groups excluding carboxylic acids is 1. The van der Waals surface area contributed by atoms with Crippen molar-refractivity contribution in [1.29, 1.82) is 0 Å². The van der Waals surface area contributed by atoms with Gasteiger partial charge in [0.2, 0.25) is 0 Å². The first-order valence-corrected chi connectivity index (χ1v) is 10.3. The van der Waals surface area contributed by atoms with Gasteiger partial charge in [-0.2, -0.15) is 0 Å². The molecule has 3 aromatic carbocycles. The summed E-state index contributed by atoms with van der Waals surface area (Å²) in [5.74, 6) is -2.04. The van der Waals surface area contributed by atoms with E-state index in [1.165, 1.54) is 44.6 Å². The maximum atomic E-state index is 13.4. The third-order valence-corrected chi connectivity index (χ3v) is 5.58. The van der Waals surface area contributed by atoms with E-state index in [1.807, 2.05) is 0 Å². The molecule has 3 rings (SSSR count). The lowest BCUT2D eigenvalue weighted by molar-refractivity contribution is 0.102. The van der Waals surface area contributed by atoms with Crippen LogP contribution >= 0.6 is 0 Å². The third-order valence-electron chi connectivity index (χ3n) is 4.18.